The molecule has 1 heterocycles. The molecule has 0 bridgehead atoms. The summed E-state index contributed by atoms with van der Waals surface area (Å²) in [6.07, 6.45) is 9.08. The van der Waals surface area contributed by atoms with E-state index in [2.05, 4.69) is 17.1 Å². The van der Waals surface area contributed by atoms with Crippen molar-refractivity contribution in [1.29, 1.82) is 0 Å². The number of nitrogens with zero attached hydrogens (tertiary/aromatic N) is 1. The van der Waals surface area contributed by atoms with E-state index in [0.29, 0.717) is 5.89 Å². The molecular weight excluding hydrogens is 198 g/mol. The highest BCUT2D eigenvalue weighted by atomic mass is 16.4. The molecule has 0 aliphatic heterocycles. The van der Waals surface area contributed by atoms with Crippen molar-refractivity contribution in [3.63, 3.8) is 0 Å². The maximum absolute atomic E-state index is 5.72. The first kappa shape index (κ1) is 9.16. The Hall–Kier alpha value is -2.09. The minimum atomic E-state index is 0.682. The Morgan fingerprint density at radius 3 is 2.69 bits per heavy atom. The molecule has 0 spiro atoms. The minimum Gasteiger partial charge on any atom is -0.436 e. The number of hydrogen-bond acceptors (Lipinski definition) is 2. The first-order valence-electron chi connectivity index (χ1n) is 5.33. The Morgan fingerprint density at radius 2 is 1.81 bits per heavy atom. The fraction of sp³-hybridized carbons (Fsp3) is 0.0714. The summed E-state index contributed by atoms with van der Waals surface area (Å²) in [6, 6.07) is 9.95. The second-order valence-electron chi connectivity index (χ2n) is 3.67. The summed E-state index contributed by atoms with van der Waals surface area (Å²) in [5, 5.41) is 0. The number of allylic oxidation sites excluding steroid dienone is 2. The predicted molar refractivity (Wildman–Crippen MR) is 64.6 cm³/mol. The lowest BCUT2D eigenvalue weighted by atomic mass is 10.2. The Kier molecular flexibility index (Phi) is 2.18. The molecule has 0 amide bonds. The van der Waals surface area contributed by atoms with Gasteiger partial charge in [0.05, 0.1) is 0 Å². The van der Waals surface area contributed by atoms with Gasteiger partial charge in [0.25, 0.3) is 0 Å². The van der Waals surface area contributed by atoms with Crippen LogP contribution in [0.1, 0.15) is 17.9 Å². The molecule has 1 aliphatic carbocycles. The zero-order valence-corrected chi connectivity index (χ0v) is 8.76. The molecule has 0 saturated carbocycles. The maximum atomic E-state index is 5.72. The lowest BCUT2D eigenvalue weighted by molar-refractivity contribution is 0.564. The normalized spacial score (nSPS) is 13.5. The summed E-state index contributed by atoms with van der Waals surface area (Å²) < 4.78 is 5.72. The molecule has 0 saturated heterocycles. The van der Waals surface area contributed by atoms with Gasteiger partial charge in [-0.1, -0.05) is 30.4 Å². The van der Waals surface area contributed by atoms with Gasteiger partial charge in [0.1, 0.15) is 5.69 Å². The third kappa shape index (κ3) is 1.58. The number of fused-ring (bicyclic) bond motifs is 1. The third-order valence-corrected chi connectivity index (χ3v) is 2.52. The van der Waals surface area contributed by atoms with Crippen LogP contribution in [0, 0.1) is 0 Å². The van der Waals surface area contributed by atoms with Crippen LogP contribution in [0.5, 0.6) is 0 Å². The molecule has 0 atom stereocenters. The molecule has 0 unspecified atom stereocenters. The largest absolute Gasteiger partial charge is 0.436 e. The van der Waals surface area contributed by atoms with Crippen molar-refractivity contribution in [2.75, 3.05) is 0 Å². The molecule has 78 valence electrons. The van der Waals surface area contributed by atoms with Gasteiger partial charge < -0.3 is 4.42 Å². The van der Waals surface area contributed by atoms with Crippen LogP contribution in [0.15, 0.2) is 46.9 Å². The van der Waals surface area contributed by atoms with Gasteiger partial charge in [-0.05, 0) is 30.7 Å². The molecule has 0 fully saturated rings. The van der Waals surface area contributed by atoms with Gasteiger partial charge >= 0.3 is 0 Å². The second kappa shape index (κ2) is 3.81. The Balaban J connectivity index is 2.09. The number of hydrogen-bond donors (Lipinski definition) is 0. The SMILES string of the molecule is C1=Cc2nc(-c3ccccc3)oc2C=CC1. The van der Waals surface area contributed by atoms with Crippen molar-refractivity contribution < 1.29 is 4.42 Å². The van der Waals surface area contributed by atoms with Crippen molar-refractivity contribution >= 4 is 12.2 Å². The summed E-state index contributed by atoms with van der Waals surface area (Å²) in [6.45, 7) is 0. The van der Waals surface area contributed by atoms with Crippen molar-refractivity contribution in [2.45, 2.75) is 6.42 Å². The van der Waals surface area contributed by atoms with E-state index in [1.54, 1.807) is 0 Å². The summed E-state index contributed by atoms with van der Waals surface area (Å²) in [5.41, 5.74) is 1.92. The summed E-state index contributed by atoms with van der Waals surface area (Å²) in [7, 11) is 0. The standard InChI is InChI=1S/C14H11NO/c1-3-7-11(8-4-1)14-15-12-9-5-2-6-10-13(12)16-14/h1,3-10H,2H2. The van der Waals surface area contributed by atoms with Crippen molar-refractivity contribution in [3.8, 4) is 11.5 Å². The van der Waals surface area contributed by atoms with E-state index in [4.69, 9.17) is 4.42 Å². The van der Waals surface area contributed by atoms with Gasteiger partial charge in [-0.25, -0.2) is 4.98 Å². The van der Waals surface area contributed by atoms with Crippen LogP contribution in [0.25, 0.3) is 23.6 Å². The molecular formula is C14H11NO. The average molecular weight is 209 g/mol. The minimum absolute atomic E-state index is 0.682. The maximum Gasteiger partial charge on any atom is 0.227 e. The monoisotopic (exact) mass is 209 g/mol. The quantitative estimate of drug-likeness (QED) is 0.714. The van der Waals surface area contributed by atoms with E-state index in [1.807, 2.05) is 42.5 Å². The summed E-state index contributed by atoms with van der Waals surface area (Å²) in [4.78, 5) is 4.48. The fourth-order valence-electron chi connectivity index (χ4n) is 1.72. The van der Waals surface area contributed by atoms with Gasteiger partial charge in [-0.3, -0.25) is 0 Å². The van der Waals surface area contributed by atoms with Crippen molar-refractivity contribution in [2.24, 2.45) is 0 Å². The number of rotatable bonds is 1. The zero-order valence-electron chi connectivity index (χ0n) is 8.76. The van der Waals surface area contributed by atoms with Crippen LogP contribution in [0.4, 0.5) is 0 Å². The van der Waals surface area contributed by atoms with Crippen LogP contribution < -0.4 is 0 Å². The number of benzene rings is 1. The molecule has 2 heteroatoms. The van der Waals surface area contributed by atoms with E-state index >= 15 is 0 Å². The summed E-state index contributed by atoms with van der Waals surface area (Å²) in [5.74, 6) is 1.52. The van der Waals surface area contributed by atoms with Crippen LogP contribution in [-0.2, 0) is 0 Å². The highest BCUT2D eigenvalue weighted by molar-refractivity contribution is 5.65. The van der Waals surface area contributed by atoms with Gasteiger partial charge in [0, 0.05) is 5.56 Å². The molecule has 16 heavy (non-hydrogen) atoms. The first-order valence-corrected chi connectivity index (χ1v) is 5.33. The smallest absolute Gasteiger partial charge is 0.227 e. The second-order valence-corrected chi connectivity index (χ2v) is 3.67. The average Bonchev–Trinajstić information content (AvgIpc) is 2.62. The van der Waals surface area contributed by atoms with E-state index in [0.717, 1.165) is 23.4 Å². The van der Waals surface area contributed by atoms with E-state index < -0.39 is 0 Å². The predicted octanol–water partition coefficient (Wildman–Crippen LogP) is 3.77. The van der Waals surface area contributed by atoms with Crippen LogP contribution >= 0.6 is 0 Å². The molecule has 0 radical (unpaired) electrons. The van der Waals surface area contributed by atoms with Crippen LogP contribution in [0.3, 0.4) is 0 Å². The van der Waals surface area contributed by atoms with Crippen molar-refractivity contribution in [3.05, 3.63) is 53.9 Å². The topological polar surface area (TPSA) is 26.0 Å². The lowest BCUT2D eigenvalue weighted by Gasteiger charge is -1.92. The molecule has 1 aromatic heterocycles. The van der Waals surface area contributed by atoms with Crippen LogP contribution in [0.2, 0.25) is 0 Å². The van der Waals surface area contributed by atoms with Gasteiger partial charge in [0.15, 0.2) is 5.76 Å². The van der Waals surface area contributed by atoms with Gasteiger partial charge in [0.2, 0.25) is 5.89 Å². The number of aromatic nitrogens is 1. The van der Waals surface area contributed by atoms with Gasteiger partial charge in [-0.2, -0.15) is 0 Å². The Bertz CT molecular complexity index is 520. The highest BCUT2D eigenvalue weighted by Gasteiger charge is 2.10. The Labute approximate surface area is 93.9 Å². The van der Waals surface area contributed by atoms with E-state index in [9.17, 15) is 0 Å². The van der Waals surface area contributed by atoms with Crippen LogP contribution in [-0.4, -0.2) is 4.98 Å². The summed E-state index contributed by atoms with van der Waals surface area (Å²) >= 11 is 0. The molecule has 3 rings (SSSR count). The lowest BCUT2D eigenvalue weighted by Crippen LogP contribution is -1.76. The molecule has 1 aliphatic rings. The fourth-order valence-corrected chi connectivity index (χ4v) is 1.72. The van der Waals surface area contributed by atoms with E-state index in [-0.39, 0.29) is 0 Å². The van der Waals surface area contributed by atoms with Gasteiger partial charge in [-0.15, -0.1) is 0 Å². The number of oxazole rings is 1. The molecule has 2 aromatic rings. The van der Waals surface area contributed by atoms with E-state index in [1.165, 1.54) is 0 Å². The molecule has 0 N–H and O–H groups in total. The first-order chi connectivity index (χ1) is 7.93. The third-order valence-electron chi connectivity index (χ3n) is 2.52. The highest BCUT2D eigenvalue weighted by Crippen LogP contribution is 2.25. The molecule has 2 nitrogen and oxygen atoms in total. The van der Waals surface area contributed by atoms with Crippen molar-refractivity contribution in [1.82, 2.24) is 4.98 Å². The Morgan fingerprint density at radius 1 is 1.00 bits per heavy atom. The zero-order chi connectivity index (χ0) is 10.8. The molecule has 1 aromatic carbocycles.